The van der Waals surface area contributed by atoms with E-state index < -0.39 is 0 Å². The molecule has 1 aliphatic heterocycles. The van der Waals surface area contributed by atoms with Crippen molar-refractivity contribution in [1.29, 1.82) is 5.26 Å². The normalized spacial score (nSPS) is 14.1. The smallest absolute Gasteiger partial charge is 0.266 e. The van der Waals surface area contributed by atoms with E-state index >= 15 is 0 Å². The number of halogens is 1. The van der Waals surface area contributed by atoms with E-state index in [1.165, 1.54) is 12.1 Å². The molecule has 1 aromatic carbocycles. The summed E-state index contributed by atoms with van der Waals surface area (Å²) in [5.41, 5.74) is 2.89. The van der Waals surface area contributed by atoms with Gasteiger partial charge in [0.2, 0.25) is 5.91 Å². The van der Waals surface area contributed by atoms with Gasteiger partial charge in [0.05, 0.1) is 0 Å². The lowest BCUT2D eigenvalue weighted by molar-refractivity contribution is -0.131. The van der Waals surface area contributed by atoms with Gasteiger partial charge in [0.1, 0.15) is 17.4 Å². The molecule has 1 fully saturated rings. The van der Waals surface area contributed by atoms with Crippen LogP contribution in [0.1, 0.15) is 28.8 Å². The first-order chi connectivity index (χ1) is 13.4. The predicted octanol–water partition coefficient (Wildman–Crippen LogP) is 2.28. The Morgan fingerprint density at radius 2 is 1.82 bits per heavy atom. The van der Waals surface area contributed by atoms with Crippen molar-refractivity contribution in [2.45, 2.75) is 26.7 Å². The van der Waals surface area contributed by atoms with Gasteiger partial charge in [0.25, 0.3) is 5.56 Å². The molecular formula is C21H23FN4O2. The molecule has 1 N–H and O–H groups in total. The third kappa shape index (κ3) is 4.06. The topological polar surface area (TPSA) is 80.2 Å². The zero-order valence-electron chi connectivity index (χ0n) is 16.1. The van der Waals surface area contributed by atoms with Gasteiger partial charge >= 0.3 is 0 Å². The maximum Gasteiger partial charge on any atom is 0.266 e. The minimum Gasteiger partial charge on any atom is -0.368 e. The van der Waals surface area contributed by atoms with Crippen LogP contribution >= 0.6 is 0 Å². The summed E-state index contributed by atoms with van der Waals surface area (Å²) in [7, 11) is 0. The molecule has 0 radical (unpaired) electrons. The Morgan fingerprint density at radius 3 is 2.43 bits per heavy atom. The minimum absolute atomic E-state index is 0.0577. The van der Waals surface area contributed by atoms with Crippen LogP contribution in [0.25, 0.3) is 0 Å². The molecule has 3 rings (SSSR count). The second-order valence-electron chi connectivity index (χ2n) is 7.01. The van der Waals surface area contributed by atoms with Crippen molar-refractivity contribution in [2.24, 2.45) is 0 Å². The van der Waals surface area contributed by atoms with Gasteiger partial charge < -0.3 is 14.8 Å². The van der Waals surface area contributed by atoms with E-state index in [1.54, 1.807) is 26.0 Å². The van der Waals surface area contributed by atoms with Gasteiger partial charge in [-0.2, -0.15) is 5.26 Å². The van der Waals surface area contributed by atoms with Gasteiger partial charge in [-0.25, -0.2) is 4.39 Å². The number of H-pyrrole nitrogens is 1. The van der Waals surface area contributed by atoms with Crippen molar-refractivity contribution in [1.82, 2.24) is 9.88 Å². The van der Waals surface area contributed by atoms with Crippen LogP contribution in [0, 0.1) is 31.0 Å². The first kappa shape index (κ1) is 19.6. The Hall–Kier alpha value is -3.14. The number of nitrogens with one attached hydrogen (secondary N) is 1. The standard InChI is InChI=1S/C21H23FN4O2/c1-14-18(15(2)24-21(28)19(14)13-23)7-8-20(27)26-11-9-25(10-12-26)17-5-3-16(22)4-6-17/h3-6H,7-12H2,1-2H3,(H,24,28). The zero-order valence-corrected chi connectivity index (χ0v) is 16.1. The lowest BCUT2D eigenvalue weighted by Gasteiger charge is -2.36. The Bertz CT molecular complexity index is 968. The number of aryl methyl sites for hydroxylation is 1. The SMILES string of the molecule is Cc1[nH]c(=O)c(C#N)c(C)c1CCC(=O)N1CCN(c2ccc(F)cc2)CC1. The number of amides is 1. The number of aromatic nitrogens is 1. The van der Waals surface area contributed by atoms with E-state index in [0.29, 0.717) is 50.3 Å². The first-order valence-corrected chi connectivity index (χ1v) is 9.31. The van der Waals surface area contributed by atoms with Gasteiger partial charge in [-0.1, -0.05) is 0 Å². The highest BCUT2D eigenvalue weighted by atomic mass is 19.1. The molecule has 0 bridgehead atoms. The number of aromatic amines is 1. The van der Waals surface area contributed by atoms with Crippen LogP contribution in [0.4, 0.5) is 10.1 Å². The molecule has 1 amide bonds. The molecule has 7 heteroatoms. The van der Waals surface area contributed by atoms with E-state index in [9.17, 15) is 14.0 Å². The van der Waals surface area contributed by atoms with Gasteiger partial charge in [-0.05, 0) is 55.7 Å². The van der Waals surface area contributed by atoms with Gasteiger partial charge in [-0.15, -0.1) is 0 Å². The Kier molecular flexibility index (Phi) is 5.78. The molecule has 6 nitrogen and oxygen atoms in total. The molecule has 1 aliphatic rings. The second kappa shape index (κ2) is 8.26. The molecule has 0 spiro atoms. The summed E-state index contributed by atoms with van der Waals surface area (Å²) in [6.45, 7) is 6.17. The molecule has 0 unspecified atom stereocenters. The van der Waals surface area contributed by atoms with Crippen LogP contribution in [0.3, 0.4) is 0 Å². The fraction of sp³-hybridized carbons (Fsp3) is 0.381. The molecule has 28 heavy (non-hydrogen) atoms. The third-order valence-corrected chi connectivity index (χ3v) is 5.33. The molecule has 1 aromatic heterocycles. The summed E-state index contributed by atoms with van der Waals surface area (Å²) in [6, 6.07) is 8.32. The van der Waals surface area contributed by atoms with E-state index in [0.717, 1.165) is 11.3 Å². The zero-order chi connectivity index (χ0) is 20.3. The van der Waals surface area contributed by atoms with Crippen molar-refractivity contribution in [3.05, 3.63) is 62.8 Å². The van der Waals surface area contributed by atoms with Gasteiger partial charge in [-0.3, -0.25) is 9.59 Å². The third-order valence-electron chi connectivity index (χ3n) is 5.33. The van der Waals surface area contributed by atoms with E-state index in [1.807, 2.05) is 11.0 Å². The molecule has 146 valence electrons. The molecule has 0 atom stereocenters. The van der Waals surface area contributed by atoms with Crippen LogP contribution in [-0.4, -0.2) is 42.0 Å². The number of pyridine rings is 1. The number of hydrogen-bond donors (Lipinski definition) is 1. The quantitative estimate of drug-likeness (QED) is 0.880. The Morgan fingerprint density at radius 1 is 1.18 bits per heavy atom. The summed E-state index contributed by atoms with van der Waals surface area (Å²) in [4.78, 5) is 31.1. The Labute approximate surface area is 163 Å². The molecule has 2 heterocycles. The maximum absolute atomic E-state index is 13.1. The largest absolute Gasteiger partial charge is 0.368 e. The van der Waals surface area contributed by atoms with Crippen molar-refractivity contribution < 1.29 is 9.18 Å². The number of benzene rings is 1. The predicted molar refractivity (Wildman–Crippen MR) is 105 cm³/mol. The van der Waals surface area contributed by atoms with E-state index in [-0.39, 0.29) is 22.8 Å². The lowest BCUT2D eigenvalue weighted by Crippen LogP contribution is -2.48. The number of nitriles is 1. The van der Waals surface area contributed by atoms with Crippen molar-refractivity contribution in [3.63, 3.8) is 0 Å². The molecule has 2 aromatic rings. The number of anilines is 1. The van der Waals surface area contributed by atoms with Crippen LogP contribution < -0.4 is 10.5 Å². The van der Waals surface area contributed by atoms with E-state index in [2.05, 4.69) is 9.88 Å². The fourth-order valence-electron chi connectivity index (χ4n) is 3.68. The van der Waals surface area contributed by atoms with Crippen molar-refractivity contribution >= 4 is 11.6 Å². The fourth-order valence-corrected chi connectivity index (χ4v) is 3.68. The molecular weight excluding hydrogens is 359 g/mol. The van der Waals surface area contributed by atoms with Crippen LogP contribution in [0.2, 0.25) is 0 Å². The number of rotatable bonds is 4. The number of piperazine rings is 1. The van der Waals surface area contributed by atoms with Crippen molar-refractivity contribution in [2.75, 3.05) is 31.1 Å². The highest BCUT2D eigenvalue weighted by molar-refractivity contribution is 5.77. The number of hydrogen-bond acceptors (Lipinski definition) is 4. The van der Waals surface area contributed by atoms with Crippen molar-refractivity contribution in [3.8, 4) is 6.07 Å². The lowest BCUT2D eigenvalue weighted by atomic mass is 9.99. The van der Waals surface area contributed by atoms with Gasteiger partial charge in [0, 0.05) is 44.0 Å². The summed E-state index contributed by atoms with van der Waals surface area (Å²) in [6.07, 6.45) is 0.815. The average Bonchev–Trinajstić information content (AvgIpc) is 2.68. The molecule has 0 saturated carbocycles. The number of carbonyl (C=O) groups is 1. The second-order valence-corrected chi connectivity index (χ2v) is 7.01. The average molecular weight is 382 g/mol. The van der Waals surface area contributed by atoms with Gasteiger partial charge in [0.15, 0.2) is 0 Å². The number of nitrogens with zero attached hydrogens (tertiary/aromatic N) is 3. The molecule has 0 aliphatic carbocycles. The highest BCUT2D eigenvalue weighted by Gasteiger charge is 2.22. The first-order valence-electron chi connectivity index (χ1n) is 9.31. The summed E-state index contributed by atoms with van der Waals surface area (Å²) in [5, 5.41) is 9.16. The molecule has 1 saturated heterocycles. The highest BCUT2D eigenvalue weighted by Crippen LogP contribution is 2.19. The monoisotopic (exact) mass is 382 g/mol. The maximum atomic E-state index is 13.1. The summed E-state index contributed by atoms with van der Waals surface area (Å²) in [5.74, 6) is -0.202. The van der Waals surface area contributed by atoms with Crippen LogP contribution in [0.5, 0.6) is 0 Å². The Balaban J connectivity index is 1.59. The number of carbonyl (C=O) groups excluding carboxylic acids is 1. The van der Waals surface area contributed by atoms with Crippen LogP contribution in [-0.2, 0) is 11.2 Å². The minimum atomic E-state index is -0.385. The van der Waals surface area contributed by atoms with E-state index in [4.69, 9.17) is 5.26 Å². The summed E-state index contributed by atoms with van der Waals surface area (Å²) < 4.78 is 13.1. The summed E-state index contributed by atoms with van der Waals surface area (Å²) >= 11 is 0. The van der Waals surface area contributed by atoms with Crippen LogP contribution in [0.15, 0.2) is 29.1 Å².